The van der Waals surface area contributed by atoms with Gasteiger partial charge in [0, 0.05) is 81.6 Å². The molecule has 2 aromatic heterocycles. The van der Waals surface area contributed by atoms with Gasteiger partial charge in [0.05, 0.1) is 23.7 Å². The van der Waals surface area contributed by atoms with Crippen LogP contribution in [0.2, 0.25) is 0 Å². The van der Waals surface area contributed by atoms with Crippen LogP contribution >= 0.6 is 0 Å². The highest BCUT2D eigenvalue weighted by molar-refractivity contribution is 6.01. The van der Waals surface area contributed by atoms with Crippen molar-refractivity contribution in [2.24, 2.45) is 0 Å². The Hall–Kier alpha value is -5.92. The monoisotopic (exact) mass is 728 g/mol. The Morgan fingerprint density at radius 2 is 1.24 bits per heavy atom. The Bertz CT molecular complexity index is 2030. The van der Waals surface area contributed by atoms with Crippen molar-refractivity contribution < 1.29 is 19.2 Å². The zero-order valence-corrected chi connectivity index (χ0v) is 30.4. The molecule has 2 N–H and O–H groups in total. The number of carbonyl (C=O) groups excluding carboxylic acids is 4. The molecule has 6 heterocycles. The molecule has 2 aromatic carbocycles. The van der Waals surface area contributed by atoms with Gasteiger partial charge in [0.25, 0.3) is 0 Å². The normalized spacial score (nSPS) is 20.4. The number of nitrogens with one attached hydrogen (secondary N) is 2. The second-order valence-electron chi connectivity index (χ2n) is 14.9. The van der Waals surface area contributed by atoms with Crippen LogP contribution in [0.4, 0.5) is 21.5 Å². The number of Topliss-reactive ketones (excluding diaryl/α,β-unsaturated/α-hetero) is 2. The van der Waals surface area contributed by atoms with Gasteiger partial charge in [-0.3, -0.25) is 9.59 Å². The number of anilines is 2. The first-order chi connectivity index (χ1) is 26.2. The minimum absolute atomic E-state index is 0.0233. The van der Waals surface area contributed by atoms with E-state index >= 15 is 0 Å². The zero-order valence-electron chi connectivity index (χ0n) is 30.4. The molecular weight excluding hydrogens is 685 g/mol. The number of ketones is 2. The molecule has 2 spiro atoms. The van der Waals surface area contributed by atoms with Crippen LogP contribution in [0.25, 0.3) is 11.1 Å². The summed E-state index contributed by atoms with van der Waals surface area (Å²) in [6.45, 7) is 5.73. The van der Waals surface area contributed by atoms with Crippen molar-refractivity contribution in [2.45, 2.75) is 56.1 Å². The number of nitrogens with zero attached hydrogens (tertiary/aromatic N) is 8. The van der Waals surface area contributed by atoms with E-state index in [-0.39, 0.29) is 53.7 Å². The van der Waals surface area contributed by atoms with Crippen LogP contribution in [0, 0.1) is 0 Å². The lowest BCUT2D eigenvalue weighted by molar-refractivity contribution is 0.0946. The number of amides is 4. The summed E-state index contributed by atoms with van der Waals surface area (Å²) in [5, 5.41) is 6.41. The number of piperidine rings is 2. The highest BCUT2D eigenvalue weighted by Gasteiger charge is 2.50. The number of benzene rings is 2. The lowest BCUT2D eigenvalue weighted by Crippen LogP contribution is -2.56. The number of aromatic nitrogens is 4. The Kier molecular flexibility index (Phi) is 9.42. The highest BCUT2D eigenvalue weighted by Crippen LogP contribution is 2.35. The molecule has 0 bridgehead atoms. The van der Waals surface area contributed by atoms with Crippen molar-refractivity contribution in [2.75, 3.05) is 55.6 Å². The minimum atomic E-state index is -0.383. The fourth-order valence-corrected chi connectivity index (χ4v) is 8.42. The van der Waals surface area contributed by atoms with E-state index in [0.29, 0.717) is 49.2 Å². The fraction of sp³-hybridized carbons (Fsp3) is 0.400. The maximum Gasteiger partial charge on any atom is 0.318 e. The molecule has 0 aliphatic carbocycles. The number of hydrogen-bond acceptors (Lipinski definition) is 10. The summed E-state index contributed by atoms with van der Waals surface area (Å²) in [5.41, 5.74) is 1.92. The topological polar surface area (TPSA) is 157 Å². The third-order valence-electron chi connectivity index (χ3n) is 11.7. The van der Waals surface area contributed by atoms with Crippen molar-refractivity contribution >= 4 is 35.5 Å². The summed E-state index contributed by atoms with van der Waals surface area (Å²) in [4.78, 5) is 78.3. The van der Waals surface area contributed by atoms with Crippen molar-refractivity contribution in [3.05, 3.63) is 96.6 Å². The molecule has 14 heteroatoms. The van der Waals surface area contributed by atoms with Gasteiger partial charge < -0.3 is 30.2 Å². The fourth-order valence-electron chi connectivity index (χ4n) is 8.42. The second kappa shape index (κ2) is 14.5. The molecule has 0 radical (unpaired) electrons. The molecule has 4 fully saturated rings. The number of carbonyl (C=O) groups is 4. The van der Waals surface area contributed by atoms with Gasteiger partial charge in [-0.25, -0.2) is 29.5 Å². The van der Waals surface area contributed by atoms with Crippen LogP contribution in [-0.2, 0) is 0 Å². The van der Waals surface area contributed by atoms with Gasteiger partial charge in [0.1, 0.15) is 0 Å². The van der Waals surface area contributed by atoms with Gasteiger partial charge in [-0.2, -0.15) is 0 Å². The predicted octanol–water partition coefficient (Wildman–Crippen LogP) is 4.21. The molecule has 14 nitrogen and oxygen atoms in total. The van der Waals surface area contributed by atoms with Gasteiger partial charge >= 0.3 is 12.1 Å². The Morgan fingerprint density at radius 1 is 0.704 bits per heavy atom. The maximum atomic E-state index is 13.5. The largest absolute Gasteiger partial charge is 0.341 e. The smallest absolute Gasteiger partial charge is 0.318 e. The first-order valence-corrected chi connectivity index (χ1v) is 18.7. The van der Waals surface area contributed by atoms with Crippen LogP contribution in [0.1, 0.15) is 59.7 Å². The minimum Gasteiger partial charge on any atom is -0.341 e. The molecule has 1 atom stereocenters. The van der Waals surface area contributed by atoms with E-state index in [9.17, 15) is 19.2 Å². The van der Waals surface area contributed by atoms with Gasteiger partial charge in [-0.05, 0) is 68.0 Å². The molecule has 4 aliphatic rings. The van der Waals surface area contributed by atoms with Crippen LogP contribution < -0.4 is 20.4 Å². The quantitative estimate of drug-likeness (QED) is 0.227. The average molecular weight is 729 g/mol. The molecular formula is C40H44N10O4. The van der Waals surface area contributed by atoms with Crippen molar-refractivity contribution in [1.82, 2.24) is 40.4 Å². The number of hydrogen-bond donors (Lipinski definition) is 2. The van der Waals surface area contributed by atoms with E-state index in [1.165, 1.54) is 0 Å². The first-order valence-electron chi connectivity index (χ1n) is 18.7. The SMILES string of the molecule is CC1N(CCC(=O)c2cccc(-c3cccc(C(=O)CN4CC5(CCN(c6ncccn6)CC5)NC4=O)c3)c2)C(=O)NC12CCN(c1ncccn1)CC2. The second-order valence-corrected chi connectivity index (χ2v) is 14.9. The van der Waals surface area contributed by atoms with E-state index in [1.807, 2.05) is 36.4 Å². The first kappa shape index (κ1) is 35.1. The summed E-state index contributed by atoms with van der Waals surface area (Å²) < 4.78 is 0. The van der Waals surface area contributed by atoms with E-state index in [1.54, 1.807) is 58.9 Å². The molecule has 54 heavy (non-hydrogen) atoms. The number of urea groups is 2. The summed E-state index contributed by atoms with van der Waals surface area (Å²) in [7, 11) is 0. The van der Waals surface area contributed by atoms with E-state index in [4.69, 9.17) is 0 Å². The molecule has 1 unspecified atom stereocenters. The molecule has 278 valence electrons. The maximum absolute atomic E-state index is 13.5. The zero-order chi connectivity index (χ0) is 37.3. The molecule has 4 amide bonds. The lowest BCUT2D eigenvalue weighted by atomic mass is 9.82. The Balaban J connectivity index is 0.861. The van der Waals surface area contributed by atoms with Gasteiger partial charge in [0.2, 0.25) is 11.9 Å². The molecule has 0 saturated carbocycles. The molecule has 8 rings (SSSR count). The Morgan fingerprint density at radius 3 is 1.81 bits per heavy atom. The van der Waals surface area contributed by atoms with Gasteiger partial charge in [-0.1, -0.05) is 36.4 Å². The summed E-state index contributed by atoms with van der Waals surface area (Å²) in [6, 6.07) is 17.8. The van der Waals surface area contributed by atoms with E-state index < -0.39 is 0 Å². The molecule has 4 aromatic rings. The number of rotatable bonds is 10. The van der Waals surface area contributed by atoms with Crippen LogP contribution in [0.15, 0.2) is 85.5 Å². The Labute approximate surface area is 314 Å². The van der Waals surface area contributed by atoms with Gasteiger partial charge in [-0.15, -0.1) is 0 Å². The third-order valence-corrected chi connectivity index (χ3v) is 11.7. The molecule has 4 aliphatic heterocycles. The van der Waals surface area contributed by atoms with Gasteiger partial charge in [0.15, 0.2) is 11.6 Å². The summed E-state index contributed by atoms with van der Waals surface area (Å²) in [6.07, 6.45) is 10.1. The van der Waals surface area contributed by atoms with Crippen LogP contribution in [0.5, 0.6) is 0 Å². The van der Waals surface area contributed by atoms with E-state index in [2.05, 4.69) is 47.3 Å². The third kappa shape index (κ3) is 6.95. The van der Waals surface area contributed by atoms with Crippen LogP contribution in [0.3, 0.4) is 0 Å². The lowest BCUT2D eigenvalue weighted by Gasteiger charge is -2.42. The van der Waals surface area contributed by atoms with Crippen molar-refractivity contribution in [3.63, 3.8) is 0 Å². The standard InChI is InChI=1S/C40H44N10O4/c1-28-40(13-22-48(23-14-40)36-43-17-5-18-44-36)46-38(54)50(28)19-10-33(51)31-8-2-6-29(24-31)30-7-3-9-32(25-30)34(52)26-49-27-39(45-37(49)53)11-20-47(21-12-39)35-41-15-4-16-42-35/h2-9,15-18,24-25,28H,10-14,19-23,26-27H2,1H3,(H,45,53)(H,46,54). The average Bonchev–Trinajstić information content (AvgIpc) is 3.63. The summed E-state index contributed by atoms with van der Waals surface area (Å²) in [5.74, 6) is 1.17. The molecule has 4 saturated heterocycles. The summed E-state index contributed by atoms with van der Waals surface area (Å²) >= 11 is 0. The van der Waals surface area contributed by atoms with Crippen molar-refractivity contribution in [1.29, 1.82) is 0 Å². The van der Waals surface area contributed by atoms with E-state index in [0.717, 1.165) is 49.9 Å². The predicted molar refractivity (Wildman–Crippen MR) is 202 cm³/mol. The van der Waals surface area contributed by atoms with Crippen LogP contribution in [-0.4, -0.2) is 116 Å². The van der Waals surface area contributed by atoms with Crippen molar-refractivity contribution in [3.8, 4) is 11.1 Å². The highest BCUT2D eigenvalue weighted by atomic mass is 16.2.